The molecule has 112 valence electrons. The molecule has 4 rings (SSSR count). The number of para-hydroxylation sites is 1. The highest BCUT2D eigenvalue weighted by atomic mass is 32.2. The van der Waals surface area contributed by atoms with Gasteiger partial charge in [0.2, 0.25) is 0 Å². The highest BCUT2D eigenvalue weighted by molar-refractivity contribution is 8.15. The smallest absolute Gasteiger partial charge is 0.0986 e. The van der Waals surface area contributed by atoms with Crippen LogP contribution in [0.25, 0.3) is 0 Å². The van der Waals surface area contributed by atoms with Gasteiger partial charge in [-0.15, -0.1) is 0 Å². The Kier molecular flexibility index (Phi) is 3.55. The summed E-state index contributed by atoms with van der Waals surface area (Å²) in [5, 5.41) is 1.09. The highest BCUT2D eigenvalue weighted by Gasteiger charge is 2.41. The Bertz CT molecular complexity index is 814. The summed E-state index contributed by atoms with van der Waals surface area (Å²) in [6.45, 7) is 2.10. The molecule has 1 heterocycles. The molecular formula is C21H17NS. The normalized spacial score (nSPS) is 15.6. The third-order valence-electron chi connectivity index (χ3n) is 4.22. The van der Waals surface area contributed by atoms with E-state index < -0.39 is 0 Å². The van der Waals surface area contributed by atoms with Gasteiger partial charge in [0.25, 0.3) is 0 Å². The second-order valence-electron chi connectivity index (χ2n) is 5.66. The molecule has 0 spiro atoms. The van der Waals surface area contributed by atoms with E-state index in [0.29, 0.717) is 0 Å². The SMILES string of the molecule is CC1=Nc2ccccc2C(c2ccccc2)(c2ccccc2)S1. The summed E-state index contributed by atoms with van der Waals surface area (Å²) in [6.07, 6.45) is 0. The minimum Gasteiger partial charge on any atom is -0.246 e. The van der Waals surface area contributed by atoms with E-state index in [4.69, 9.17) is 4.99 Å². The molecule has 0 aliphatic carbocycles. The van der Waals surface area contributed by atoms with Crippen molar-refractivity contribution in [2.45, 2.75) is 11.7 Å². The zero-order valence-corrected chi connectivity index (χ0v) is 13.8. The van der Waals surface area contributed by atoms with Crippen molar-refractivity contribution in [2.75, 3.05) is 0 Å². The lowest BCUT2D eigenvalue weighted by atomic mass is 9.83. The number of fused-ring (bicyclic) bond motifs is 1. The van der Waals surface area contributed by atoms with Gasteiger partial charge in [-0.1, -0.05) is 90.6 Å². The fourth-order valence-electron chi connectivity index (χ4n) is 3.28. The molecule has 3 aromatic carbocycles. The van der Waals surface area contributed by atoms with E-state index in [-0.39, 0.29) is 4.75 Å². The van der Waals surface area contributed by atoms with Crippen LogP contribution in [0, 0.1) is 0 Å². The number of aliphatic imine (C=N–C) groups is 1. The summed E-state index contributed by atoms with van der Waals surface area (Å²) < 4.78 is -0.245. The number of rotatable bonds is 2. The molecule has 23 heavy (non-hydrogen) atoms. The van der Waals surface area contributed by atoms with Gasteiger partial charge in [0, 0.05) is 5.56 Å². The van der Waals surface area contributed by atoms with Crippen molar-refractivity contribution < 1.29 is 0 Å². The Morgan fingerprint density at radius 1 is 0.696 bits per heavy atom. The van der Waals surface area contributed by atoms with E-state index in [1.165, 1.54) is 16.7 Å². The Morgan fingerprint density at radius 3 is 1.83 bits per heavy atom. The van der Waals surface area contributed by atoms with Gasteiger partial charge in [0.1, 0.15) is 0 Å². The van der Waals surface area contributed by atoms with Gasteiger partial charge in [-0.2, -0.15) is 0 Å². The highest BCUT2D eigenvalue weighted by Crippen LogP contribution is 2.54. The average Bonchev–Trinajstić information content (AvgIpc) is 2.62. The van der Waals surface area contributed by atoms with Crippen molar-refractivity contribution in [3.63, 3.8) is 0 Å². The fourth-order valence-corrected chi connectivity index (χ4v) is 4.66. The van der Waals surface area contributed by atoms with Crippen LogP contribution < -0.4 is 0 Å². The zero-order chi connectivity index (χ0) is 15.7. The van der Waals surface area contributed by atoms with Crippen LogP contribution in [-0.2, 0) is 4.75 Å². The second-order valence-corrected chi connectivity index (χ2v) is 7.07. The number of nitrogens with zero attached hydrogens (tertiary/aromatic N) is 1. The summed E-state index contributed by atoms with van der Waals surface area (Å²) in [5.74, 6) is 0. The van der Waals surface area contributed by atoms with E-state index >= 15 is 0 Å². The van der Waals surface area contributed by atoms with E-state index in [2.05, 4.69) is 91.9 Å². The van der Waals surface area contributed by atoms with E-state index in [9.17, 15) is 0 Å². The van der Waals surface area contributed by atoms with Crippen LogP contribution in [0.15, 0.2) is 89.9 Å². The minimum absolute atomic E-state index is 0.245. The number of hydrogen-bond donors (Lipinski definition) is 0. The summed E-state index contributed by atoms with van der Waals surface area (Å²) in [5.41, 5.74) is 4.90. The molecule has 0 atom stereocenters. The first-order valence-corrected chi connectivity index (χ1v) is 8.57. The lowest BCUT2D eigenvalue weighted by molar-refractivity contribution is 0.897. The molecule has 1 nitrogen and oxygen atoms in total. The van der Waals surface area contributed by atoms with Crippen LogP contribution in [0.5, 0.6) is 0 Å². The van der Waals surface area contributed by atoms with Crippen LogP contribution in [0.4, 0.5) is 5.69 Å². The first kappa shape index (κ1) is 14.3. The van der Waals surface area contributed by atoms with Crippen molar-refractivity contribution >= 4 is 22.5 Å². The van der Waals surface area contributed by atoms with Crippen LogP contribution in [0.1, 0.15) is 23.6 Å². The summed E-state index contributed by atoms with van der Waals surface area (Å²) in [7, 11) is 0. The molecule has 0 aromatic heterocycles. The Balaban J connectivity index is 2.08. The molecule has 0 saturated heterocycles. The first-order valence-electron chi connectivity index (χ1n) is 7.75. The lowest BCUT2D eigenvalue weighted by Gasteiger charge is -2.38. The van der Waals surface area contributed by atoms with Crippen LogP contribution in [0.3, 0.4) is 0 Å². The lowest BCUT2D eigenvalue weighted by Crippen LogP contribution is -2.29. The van der Waals surface area contributed by atoms with Crippen molar-refractivity contribution in [3.05, 3.63) is 102 Å². The van der Waals surface area contributed by atoms with Gasteiger partial charge in [-0.05, 0) is 24.1 Å². The van der Waals surface area contributed by atoms with E-state index in [1.807, 2.05) is 11.8 Å². The predicted octanol–water partition coefficient (Wildman–Crippen LogP) is 5.78. The van der Waals surface area contributed by atoms with Crippen LogP contribution in [0.2, 0.25) is 0 Å². The average molecular weight is 315 g/mol. The molecular weight excluding hydrogens is 298 g/mol. The zero-order valence-electron chi connectivity index (χ0n) is 12.9. The Hall–Kier alpha value is -2.32. The molecule has 0 bridgehead atoms. The van der Waals surface area contributed by atoms with Crippen LogP contribution >= 0.6 is 11.8 Å². The maximum Gasteiger partial charge on any atom is 0.0986 e. The molecule has 2 heteroatoms. The molecule has 0 amide bonds. The molecule has 0 unspecified atom stereocenters. The molecule has 1 aliphatic rings. The Labute approximate surface area is 141 Å². The quantitative estimate of drug-likeness (QED) is 0.584. The standard InChI is InChI=1S/C21H17NS/c1-16-22-20-15-9-8-14-19(20)21(23-16,17-10-4-2-5-11-17)18-12-6-3-7-13-18/h2-15H,1H3. The van der Waals surface area contributed by atoms with Gasteiger partial charge >= 0.3 is 0 Å². The van der Waals surface area contributed by atoms with Gasteiger partial charge in [0.15, 0.2) is 0 Å². The largest absolute Gasteiger partial charge is 0.246 e. The molecule has 0 radical (unpaired) electrons. The fraction of sp³-hybridized carbons (Fsp3) is 0.0952. The van der Waals surface area contributed by atoms with Gasteiger partial charge < -0.3 is 0 Å². The minimum atomic E-state index is -0.245. The maximum absolute atomic E-state index is 4.77. The third-order valence-corrected chi connectivity index (χ3v) is 5.61. The van der Waals surface area contributed by atoms with E-state index in [1.54, 1.807) is 0 Å². The van der Waals surface area contributed by atoms with Crippen molar-refractivity contribution in [3.8, 4) is 0 Å². The van der Waals surface area contributed by atoms with Crippen LogP contribution in [-0.4, -0.2) is 5.04 Å². The molecule has 0 fully saturated rings. The predicted molar refractivity (Wildman–Crippen MR) is 99.6 cm³/mol. The monoisotopic (exact) mass is 315 g/mol. The molecule has 3 aromatic rings. The number of benzene rings is 3. The van der Waals surface area contributed by atoms with Crippen molar-refractivity contribution in [1.29, 1.82) is 0 Å². The first-order chi connectivity index (χ1) is 11.3. The number of hydrogen-bond acceptors (Lipinski definition) is 2. The topological polar surface area (TPSA) is 12.4 Å². The van der Waals surface area contributed by atoms with Crippen molar-refractivity contribution in [1.82, 2.24) is 0 Å². The van der Waals surface area contributed by atoms with Gasteiger partial charge in [-0.25, -0.2) is 4.99 Å². The maximum atomic E-state index is 4.77. The van der Waals surface area contributed by atoms with Crippen molar-refractivity contribution in [2.24, 2.45) is 4.99 Å². The van der Waals surface area contributed by atoms with E-state index in [0.717, 1.165) is 10.7 Å². The number of thioether (sulfide) groups is 1. The molecule has 0 saturated carbocycles. The van der Waals surface area contributed by atoms with Gasteiger partial charge in [-0.3, -0.25) is 0 Å². The molecule has 1 aliphatic heterocycles. The summed E-state index contributed by atoms with van der Waals surface area (Å²) in [6, 6.07) is 30.0. The Morgan fingerprint density at radius 2 is 1.22 bits per heavy atom. The third kappa shape index (κ3) is 2.30. The second kappa shape index (κ2) is 5.71. The summed E-state index contributed by atoms with van der Waals surface area (Å²) >= 11 is 1.83. The molecule has 0 N–H and O–H groups in total. The summed E-state index contributed by atoms with van der Waals surface area (Å²) in [4.78, 5) is 4.77. The van der Waals surface area contributed by atoms with Gasteiger partial charge in [0.05, 0.1) is 15.5 Å².